The van der Waals surface area contributed by atoms with Gasteiger partial charge in [-0.15, -0.1) is 0 Å². The standard InChI is InChI=1S/C26H30N2O4/c1-3-31-25(30)26(12-14-28(15-13-26)18-20-6-10-22(29)11-7-20)17-23-16-24(27-32-23)21-8-4-19(2)5-9-21/h4-11,16,29H,3,12-15,17-18H2,1-2H3. The summed E-state index contributed by atoms with van der Waals surface area (Å²) in [6.07, 6.45) is 1.88. The fraction of sp³-hybridized carbons (Fsp3) is 0.385. The smallest absolute Gasteiger partial charge is 0.312 e. The van der Waals surface area contributed by atoms with E-state index in [2.05, 4.69) is 17.0 Å². The molecule has 0 atom stereocenters. The molecule has 0 spiro atoms. The zero-order chi connectivity index (χ0) is 22.6. The van der Waals surface area contributed by atoms with Crippen molar-refractivity contribution in [1.82, 2.24) is 10.1 Å². The van der Waals surface area contributed by atoms with Crippen molar-refractivity contribution in [2.45, 2.75) is 39.7 Å². The van der Waals surface area contributed by atoms with Crippen molar-refractivity contribution >= 4 is 5.97 Å². The van der Waals surface area contributed by atoms with E-state index in [1.807, 2.05) is 49.4 Å². The van der Waals surface area contributed by atoms with Gasteiger partial charge in [-0.05, 0) is 57.5 Å². The van der Waals surface area contributed by atoms with Crippen LogP contribution in [0.3, 0.4) is 0 Å². The molecule has 1 saturated heterocycles. The van der Waals surface area contributed by atoms with Crippen LogP contribution in [0, 0.1) is 12.3 Å². The first-order valence-electron chi connectivity index (χ1n) is 11.2. The van der Waals surface area contributed by atoms with Gasteiger partial charge in [0.15, 0.2) is 0 Å². The van der Waals surface area contributed by atoms with Crippen molar-refractivity contribution in [1.29, 1.82) is 0 Å². The van der Waals surface area contributed by atoms with E-state index in [0.717, 1.165) is 36.5 Å². The molecule has 2 heterocycles. The van der Waals surface area contributed by atoms with Gasteiger partial charge >= 0.3 is 5.97 Å². The van der Waals surface area contributed by atoms with Crippen LogP contribution in [-0.2, 0) is 22.5 Å². The van der Waals surface area contributed by atoms with Gasteiger partial charge in [0.25, 0.3) is 0 Å². The highest BCUT2D eigenvalue weighted by molar-refractivity contribution is 5.77. The summed E-state index contributed by atoms with van der Waals surface area (Å²) in [5.74, 6) is 0.823. The number of carbonyl (C=O) groups is 1. The first-order chi connectivity index (χ1) is 15.5. The lowest BCUT2D eigenvalue weighted by atomic mass is 9.74. The number of phenols is 1. The Hall–Kier alpha value is -3.12. The monoisotopic (exact) mass is 434 g/mol. The minimum Gasteiger partial charge on any atom is -0.508 e. The summed E-state index contributed by atoms with van der Waals surface area (Å²) < 4.78 is 11.1. The Balaban J connectivity index is 1.46. The minimum absolute atomic E-state index is 0.155. The number of ether oxygens (including phenoxy) is 1. The van der Waals surface area contributed by atoms with E-state index >= 15 is 0 Å². The molecule has 4 rings (SSSR count). The summed E-state index contributed by atoms with van der Waals surface area (Å²) in [4.78, 5) is 15.3. The largest absolute Gasteiger partial charge is 0.508 e. The van der Waals surface area contributed by atoms with Crippen molar-refractivity contribution in [3.63, 3.8) is 0 Å². The first kappa shape index (κ1) is 22.1. The highest BCUT2D eigenvalue weighted by Gasteiger charge is 2.43. The maximum Gasteiger partial charge on any atom is 0.312 e. The molecule has 1 N–H and O–H groups in total. The number of aromatic nitrogens is 1. The Bertz CT molecular complexity index is 1030. The number of hydrogen-bond donors (Lipinski definition) is 1. The fourth-order valence-corrected chi connectivity index (χ4v) is 4.33. The van der Waals surface area contributed by atoms with Gasteiger partial charge in [-0.3, -0.25) is 9.69 Å². The molecule has 6 heteroatoms. The molecule has 1 aliphatic rings. The lowest BCUT2D eigenvalue weighted by Gasteiger charge is -2.39. The number of nitrogens with zero attached hydrogens (tertiary/aromatic N) is 2. The summed E-state index contributed by atoms with van der Waals surface area (Å²) in [7, 11) is 0. The summed E-state index contributed by atoms with van der Waals surface area (Å²) in [6.45, 7) is 6.63. The minimum atomic E-state index is -0.606. The fourth-order valence-electron chi connectivity index (χ4n) is 4.33. The third-order valence-electron chi connectivity index (χ3n) is 6.28. The van der Waals surface area contributed by atoms with Gasteiger partial charge in [-0.2, -0.15) is 0 Å². The van der Waals surface area contributed by atoms with Crippen LogP contribution in [0.15, 0.2) is 59.1 Å². The number of carbonyl (C=O) groups excluding carboxylic acids is 1. The number of esters is 1. The molecule has 32 heavy (non-hydrogen) atoms. The molecule has 0 bridgehead atoms. The van der Waals surface area contributed by atoms with E-state index in [4.69, 9.17) is 9.26 Å². The molecule has 1 aromatic heterocycles. The average Bonchev–Trinajstić information content (AvgIpc) is 3.25. The third kappa shape index (κ3) is 5.02. The molecule has 0 unspecified atom stereocenters. The average molecular weight is 435 g/mol. The number of hydrogen-bond acceptors (Lipinski definition) is 6. The molecule has 3 aromatic rings. The first-order valence-corrected chi connectivity index (χ1v) is 11.2. The van der Waals surface area contributed by atoms with Gasteiger partial charge in [-0.1, -0.05) is 47.1 Å². The topological polar surface area (TPSA) is 75.8 Å². The van der Waals surface area contributed by atoms with Crippen LogP contribution in [0.4, 0.5) is 0 Å². The molecular weight excluding hydrogens is 404 g/mol. The molecule has 168 valence electrons. The zero-order valence-corrected chi connectivity index (χ0v) is 18.7. The highest BCUT2D eigenvalue weighted by Crippen LogP contribution is 2.38. The van der Waals surface area contributed by atoms with E-state index < -0.39 is 5.41 Å². The normalized spacial score (nSPS) is 16.1. The lowest BCUT2D eigenvalue weighted by Crippen LogP contribution is -2.46. The number of rotatable bonds is 7. The lowest BCUT2D eigenvalue weighted by molar-refractivity contribution is -0.159. The maximum atomic E-state index is 13.0. The highest BCUT2D eigenvalue weighted by atomic mass is 16.5. The van der Waals surface area contributed by atoms with E-state index in [1.54, 1.807) is 12.1 Å². The van der Waals surface area contributed by atoms with Gasteiger partial charge in [0, 0.05) is 24.6 Å². The number of piperidine rings is 1. The molecule has 0 saturated carbocycles. The van der Waals surface area contributed by atoms with E-state index in [1.165, 1.54) is 5.56 Å². The van der Waals surface area contributed by atoms with E-state index in [-0.39, 0.29) is 11.7 Å². The Morgan fingerprint density at radius 3 is 2.47 bits per heavy atom. The van der Waals surface area contributed by atoms with E-state index in [0.29, 0.717) is 31.6 Å². The number of phenolic OH excluding ortho intramolecular Hbond substituents is 1. The second kappa shape index (κ2) is 9.57. The molecule has 1 fully saturated rings. The number of aromatic hydroxyl groups is 1. The van der Waals surface area contributed by atoms with E-state index in [9.17, 15) is 9.90 Å². The Kier molecular flexibility index (Phi) is 6.61. The zero-order valence-electron chi connectivity index (χ0n) is 18.7. The number of aryl methyl sites for hydroxylation is 1. The molecule has 1 aliphatic heterocycles. The quantitative estimate of drug-likeness (QED) is 0.541. The third-order valence-corrected chi connectivity index (χ3v) is 6.28. The van der Waals surface area contributed by atoms with Crippen molar-refractivity contribution in [2.24, 2.45) is 5.41 Å². The van der Waals surface area contributed by atoms with Crippen molar-refractivity contribution in [2.75, 3.05) is 19.7 Å². The van der Waals surface area contributed by atoms with Crippen LogP contribution >= 0.6 is 0 Å². The van der Waals surface area contributed by atoms with Crippen molar-refractivity contribution in [3.8, 4) is 17.0 Å². The molecule has 6 nitrogen and oxygen atoms in total. The second-order valence-corrected chi connectivity index (χ2v) is 8.66. The van der Waals surface area contributed by atoms with Crippen LogP contribution in [-0.4, -0.2) is 40.8 Å². The molecular formula is C26H30N2O4. The Morgan fingerprint density at radius 2 is 1.81 bits per heavy atom. The maximum absolute atomic E-state index is 13.0. The summed E-state index contributed by atoms with van der Waals surface area (Å²) in [5, 5.41) is 13.7. The Labute approximate surface area is 188 Å². The summed E-state index contributed by atoms with van der Waals surface area (Å²) >= 11 is 0. The Morgan fingerprint density at radius 1 is 1.12 bits per heavy atom. The van der Waals surface area contributed by atoms with Crippen LogP contribution in [0.1, 0.15) is 36.7 Å². The van der Waals surface area contributed by atoms with Gasteiger partial charge < -0.3 is 14.4 Å². The molecule has 0 radical (unpaired) electrons. The van der Waals surface area contributed by atoms with Crippen LogP contribution in [0.2, 0.25) is 0 Å². The van der Waals surface area contributed by atoms with Gasteiger partial charge in [0.05, 0.1) is 12.0 Å². The number of benzene rings is 2. The van der Waals surface area contributed by atoms with Crippen LogP contribution in [0.25, 0.3) is 11.3 Å². The van der Waals surface area contributed by atoms with Gasteiger partial charge in [-0.25, -0.2) is 0 Å². The summed E-state index contributed by atoms with van der Waals surface area (Å²) in [6, 6.07) is 17.4. The van der Waals surface area contributed by atoms with Gasteiger partial charge in [0.1, 0.15) is 17.2 Å². The SMILES string of the molecule is CCOC(=O)C1(Cc2cc(-c3ccc(C)cc3)no2)CCN(Cc2ccc(O)cc2)CC1. The molecule has 2 aromatic carbocycles. The van der Waals surface area contributed by atoms with Gasteiger partial charge in [0.2, 0.25) is 0 Å². The molecule has 0 aliphatic carbocycles. The molecule has 0 amide bonds. The predicted molar refractivity (Wildman–Crippen MR) is 122 cm³/mol. The van der Waals surface area contributed by atoms with Crippen LogP contribution < -0.4 is 0 Å². The van der Waals surface area contributed by atoms with Crippen LogP contribution in [0.5, 0.6) is 5.75 Å². The predicted octanol–water partition coefficient (Wildman–Crippen LogP) is 4.74. The summed E-state index contributed by atoms with van der Waals surface area (Å²) in [5.41, 5.74) is 3.51. The number of likely N-dealkylation sites (tertiary alicyclic amines) is 1. The second-order valence-electron chi connectivity index (χ2n) is 8.66. The van der Waals surface area contributed by atoms with Crippen molar-refractivity contribution in [3.05, 3.63) is 71.5 Å². The van der Waals surface area contributed by atoms with Crippen molar-refractivity contribution < 1.29 is 19.2 Å².